The molecule has 3 aromatic heterocycles. The Balaban J connectivity index is 1.07. The van der Waals surface area contributed by atoms with Gasteiger partial charge in [0.25, 0.3) is 0 Å². The highest BCUT2D eigenvalue weighted by Crippen LogP contribution is 2.48. The van der Waals surface area contributed by atoms with Crippen LogP contribution in [-0.4, -0.2) is 14.6 Å². The van der Waals surface area contributed by atoms with Gasteiger partial charge in [-0.2, -0.15) is 0 Å². The molecule has 1 unspecified atom stereocenters. The number of hydrogen-bond acceptors (Lipinski definition) is 2. The van der Waals surface area contributed by atoms with Gasteiger partial charge in [-0.3, -0.25) is 0 Å². The van der Waals surface area contributed by atoms with Gasteiger partial charge in [0, 0.05) is 33.1 Å². The Morgan fingerprint density at radius 3 is 1.81 bits per heavy atom. The summed E-state index contributed by atoms with van der Waals surface area (Å²) in [5.74, 6) is 0.711. The van der Waals surface area contributed by atoms with Crippen LogP contribution in [0.3, 0.4) is 0 Å². The lowest BCUT2D eigenvalue weighted by Gasteiger charge is -2.08. The standard InChI is InChI=1S/C43H30N3P/c1-47-40-18-9-8-17-37(40)38-24-23-35(27-41(38)47)34-16-10-15-33(25-34)30-19-21-32(22-20-30)42-44-43-39(31-13-6-3-7-14-31)26-36(28-46(43)45-42)29-11-4-2-5-12-29/h2-28H,1H3. The van der Waals surface area contributed by atoms with Crippen LogP contribution in [0.4, 0.5) is 0 Å². The van der Waals surface area contributed by atoms with Crippen molar-refractivity contribution in [3.8, 4) is 55.9 Å². The van der Waals surface area contributed by atoms with Gasteiger partial charge in [0.15, 0.2) is 11.5 Å². The molecule has 6 aromatic carbocycles. The predicted octanol–water partition coefficient (Wildman–Crippen LogP) is 11.9. The van der Waals surface area contributed by atoms with E-state index in [1.54, 1.807) is 0 Å². The van der Waals surface area contributed by atoms with E-state index >= 15 is 0 Å². The quantitative estimate of drug-likeness (QED) is 0.192. The van der Waals surface area contributed by atoms with Gasteiger partial charge in [-0.25, -0.2) is 9.50 Å². The third kappa shape index (κ3) is 4.84. The number of rotatable bonds is 5. The summed E-state index contributed by atoms with van der Waals surface area (Å²) in [5.41, 5.74) is 11.1. The van der Waals surface area contributed by atoms with Crippen LogP contribution < -0.4 is 0 Å². The zero-order valence-corrected chi connectivity index (χ0v) is 26.8. The highest BCUT2D eigenvalue weighted by Gasteiger charge is 2.15. The van der Waals surface area contributed by atoms with E-state index in [0.717, 1.165) is 33.5 Å². The topological polar surface area (TPSA) is 30.2 Å². The summed E-state index contributed by atoms with van der Waals surface area (Å²) in [7, 11) is -0.332. The first-order valence-electron chi connectivity index (χ1n) is 15.9. The van der Waals surface area contributed by atoms with E-state index in [1.807, 2.05) is 16.6 Å². The van der Waals surface area contributed by atoms with Gasteiger partial charge in [-0.1, -0.05) is 140 Å². The first kappa shape index (κ1) is 27.5. The molecule has 0 saturated carbocycles. The smallest absolute Gasteiger partial charge is 0.182 e. The first-order chi connectivity index (χ1) is 23.2. The monoisotopic (exact) mass is 619 g/mol. The van der Waals surface area contributed by atoms with Crippen molar-refractivity contribution in [2.24, 2.45) is 6.66 Å². The number of aromatic nitrogens is 3. The van der Waals surface area contributed by atoms with Gasteiger partial charge < -0.3 is 0 Å². The Kier molecular flexibility index (Phi) is 6.59. The molecule has 3 nitrogen and oxygen atoms in total. The summed E-state index contributed by atoms with van der Waals surface area (Å²) in [6, 6.07) is 56.4. The molecule has 0 aliphatic carbocycles. The van der Waals surface area contributed by atoms with Crippen molar-refractivity contribution in [1.29, 1.82) is 0 Å². The number of aryl methyl sites for hydroxylation is 1. The Morgan fingerprint density at radius 1 is 0.447 bits per heavy atom. The fourth-order valence-corrected chi connectivity index (χ4v) is 8.77. The molecule has 4 heteroatoms. The van der Waals surface area contributed by atoms with Crippen molar-refractivity contribution < 1.29 is 0 Å². The molecule has 3 heterocycles. The van der Waals surface area contributed by atoms with Crippen molar-refractivity contribution in [2.75, 3.05) is 0 Å². The predicted molar refractivity (Wildman–Crippen MR) is 199 cm³/mol. The van der Waals surface area contributed by atoms with Gasteiger partial charge >= 0.3 is 0 Å². The lowest BCUT2D eigenvalue weighted by molar-refractivity contribution is 0.968. The molecule has 0 N–H and O–H groups in total. The van der Waals surface area contributed by atoms with Crippen LogP contribution in [0, 0.1) is 0 Å². The number of benzene rings is 6. The Labute approximate surface area is 274 Å². The molecule has 1 atom stereocenters. The molecule has 47 heavy (non-hydrogen) atoms. The van der Waals surface area contributed by atoms with E-state index in [-0.39, 0.29) is 7.53 Å². The summed E-state index contributed by atoms with van der Waals surface area (Å²) in [5, 5.41) is 10.7. The van der Waals surface area contributed by atoms with Gasteiger partial charge in [-0.15, -0.1) is 12.6 Å². The molecule has 0 radical (unpaired) electrons. The van der Waals surface area contributed by atoms with Gasteiger partial charge in [0.05, 0.1) is 0 Å². The summed E-state index contributed by atoms with van der Waals surface area (Å²) >= 11 is 0. The molecule has 9 rings (SSSR count). The molecule has 0 aliphatic heterocycles. The van der Waals surface area contributed by atoms with Gasteiger partial charge in [0.1, 0.15) is 0 Å². The maximum Gasteiger partial charge on any atom is 0.182 e. The van der Waals surface area contributed by atoms with E-state index in [0.29, 0.717) is 5.82 Å². The van der Waals surface area contributed by atoms with Crippen LogP contribution in [-0.2, 0) is 6.66 Å². The normalized spacial score (nSPS) is 11.9. The number of nitrogens with zero attached hydrogens (tertiary/aromatic N) is 3. The maximum absolute atomic E-state index is 5.05. The fraction of sp³-hybridized carbons (Fsp3) is 0.0233. The van der Waals surface area contributed by atoms with Gasteiger partial charge in [-0.05, 0) is 69.0 Å². The zero-order valence-electron chi connectivity index (χ0n) is 25.9. The van der Waals surface area contributed by atoms with Crippen LogP contribution in [0.2, 0.25) is 0 Å². The Hall–Kier alpha value is -5.76. The Morgan fingerprint density at radius 2 is 1.02 bits per heavy atom. The largest absolute Gasteiger partial charge is 0.219 e. The molecule has 0 amide bonds. The third-order valence-electron chi connectivity index (χ3n) is 9.21. The highest BCUT2D eigenvalue weighted by molar-refractivity contribution is 7.59. The molecule has 0 aliphatic rings. The zero-order chi connectivity index (χ0) is 31.3. The summed E-state index contributed by atoms with van der Waals surface area (Å²) in [6.45, 7) is 2.38. The Bertz CT molecular complexity index is 2560. The third-order valence-corrected chi connectivity index (χ3v) is 11.4. The SMILES string of the molecule is Cp1c2ccccc2c2ccc(-c3cccc(-c4ccc(-c5nc6c(-c7ccccc7)cc(-c7ccccc7)cn6n5)cc4)c3)cc21. The molecular formula is C43H30N3P. The molecule has 0 spiro atoms. The van der Waals surface area contributed by atoms with Crippen LogP contribution in [0.15, 0.2) is 164 Å². The van der Waals surface area contributed by atoms with E-state index in [1.165, 1.54) is 43.3 Å². The second-order valence-electron chi connectivity index (χ2n) is 12.0. The molecule has 222 valence electrons. The van der Waals surface area contributed by atoms with Crippen molar-refractivity contribution >= 4 is 34.2 Å². The lowest BCUT2D eigenvalue weighted by atomic mass is 9.98. The van der Waals surface area contributed by atoms with Crippen LogP contribution >= 0.6 is 7.53 Å². The molecule has 0 bridgehead atoms. The number of hydrogen-bond donors (Lipinski definition) is 0. The molecular weight excluding hydrogens is 589 g/mol. The second-order valence-corrected chi connectivity index (χ2v) is 14.1. The summed E-state index contributed by atoms with van der Waals surface area (Å²) in [4.78, 5) is 5.05. The van der Waals surface area contributed by atoms with Gasteiger partial charge in [0.2, 0.25) is 0 Å². The average Bonchev–Trinajstić information content (AvgIpc) is 3.71. The maximum atomic E-state index is 5.05. The van der Waals surface area contributed by atoms with Crippen LogP contribution in [0.5, 0.6) is 0 Å². The van der Waals surface area contributed by atoms with E-state index < -0.39 is 0 Å². The van der Waals surface area contributed by atoms with Crippen molar-refractivity contribution in [3.63, 3.8) is 0 Å². The molecule has 0 saturated heterocycles. The molecule has 9 aromatic rings. The summed E-state index contributed by atoms with van der Waals surface area (Å²) in [6.07, 6.45) is 2.08. The number of fused-ring (bicyclic) bond motifs is 4. The fourth-order valence-electron chi connectivity index (χ4n) is 6.76. The van der Waals surface area contributed by atoms with E-state index in [4.69, 9.17) is 10.1 Å². The van der Waals surface area contributed by atoms with Crippen molar-refractivity contribution in [1.82, 2.24) is 14.6 Å². The number of pyridine rings is 1. The molecule has 0 fully saturated rings. The minimum absolute atomic E-state index is 0.332. The summed E-state index contributed by atoms with van der Waals surface area (Å²) < 4.78 is 1.93. The highest BCUT2D eigenvalue weighted by atomic mass is 31.1. The lowest BCUT2D eigenvalue weighted by Crippen LogP contribution is -1.93. The van der Waals surface area contributed by atoms with Crippen molar-refractivity contribution in [2.45, 2.75) is 0 Å². The average molecular weight is 620 g/mol. The first-order valence-corrected chi connectivity index (χ1v) is 17.7. The second kappa shape index (κ2) is 11.2. The van der Waals surface area contributed by atoms with Crippen molar-refractivity contribution in [3.05, 3.63) is 164 Å². The van der Waals surface area contributed by atoms with Crippen LogP contribution in [0.1, 0.15) is 0 Å². The van der Waals surface area contributed by atoms with E-state index in [2.05, 4.69) is 158 Å². The minimum atomic E-state index is -0.332. The minimum Gasteiger partial charge on any atom is -0.219 e. The van der Waals surface area contributed by atoms with E-state index in [9.17, 15) is 0 Å². The van der Waals surface area contributed by atoms with Crippen LogP contribution in [0.25, 0.3) is 82.6 Å².